The van der Waals surface area contributed by atoms with Crippen molar-refractivity contribution in [2.24, 2.45) is 0 Å². The van der Waals surface area contributed by atoms with Crippen molar-refractivity contribution in [2.75, 3.05) is 24.5 Å². The summed E-state index contributed by atoms with van der Waals surface area (Å²) in [6, 6.07) is 0.435. The molecule has 1 aromatic rings. The maximum Gasteiger partial charge on any atom is 0.225 e. The fourth-order valence-corrected chi connectivity index (χ4v) is 1.69. The first kappa shape index (κ1) is 9.68. The SMILES string of the molecule is CC1CNCCN1c1ncc(Cl)cn1. The van der Waals surface area contributed by atoms with Gasteiger partial charge in [0.15, 0.2) is 0 Å². The van der Waals surface area contributed by atoms with Crippen LogP contribution in [0.2, 0.25) is 5.02 Å². The number of nitrogens with one attached hydrogen (secondary N) is 1. The van der Waals surface area contributed by atoms with E-state index in [1.54, 1.807) is 12.4 Å². The number of hydrogen-bond donors (Lipinski definition) is 1. The van der Waals surface area contributed by atoms with Gasteiger partial charge in [0.25, 0.3) is 0 Å². The quantitative estimate of drug-likeness (QED) is 0.752. The van der Waals surface area contributed by atoms with Gasteiger partial charge in [-0.3, -0.25) is 0 Å². The second kappa shape index (κ2) is 4.11. The van der Waals surface area contributed by atoms with Crippen LogP contribution in [0.25, 0.3) is 0 Å². The number of nitrogens with zero attached hydrogens (tertiary/aromatic N) is 3. The molecule has 1 fully saturated rings. The van der Waals surface area contributed by atoms with Gasteiger partial charge in [-0.25, -0.2) is 9.97 Å². The summed E-state index contributed by atoms with van der Waals surface area (Å²) in [5.74, 6) is 0.767. The van der Waals surface area contributed by atoms with Crippen molar-refractivity contribution in [3.63, 3.8) is 0 Å². The zero-order chi connectivity index (χ0) is 9.97. The molecule has 1 saturated heterocycles. The summed E-state index contributed by atoms with van der Waals surface area (Å²) in [7, 11) is 0. The van der Waals surface area contributed by atoms with Crippen LogP contribution in [0.5, 0.6) is 0 Å². The van der Waals surface area contributed by atoms with Crippen LogP contribution in [0.4, 0.5) is 5.95 Å². The minimum Gasteiger partial charge on any atom is -0.336 e. The van der Waals surface area contributed by atoms with Gasteiger partial charge in [0.2, 0.25) is 5.95 Å². The molecular formula is C9H13ClN4. The van der Waals surface area contributed by atoms with Crippen molar-refractivity contribution in [1.29, 1.82) is 0 Å². The predicted octanol–water partition coefficient (Wildman–Crippen LogP) is 0.928. The standard InChI is InChI=1S/C9H13ClN4/c1-7-4-11-2-3-14(7)9-12-5-8(10)6-13-9/h5-7,11H,2-4H2,1H3. The van der Waals surface area contributed by atoms with Crippen molar-refractivity contribution in [3.05, 3.63) is 17.4 Å². The van der Waals surface area contributed by atoms with Crippen LogP contribution in [0.15, 0.2) is 12.4 Å². The molecule has 1 aliphatic heterocycles. The molecule has 1 aliphatic rings. The maximum absolute atomic E-state index is 5.73. The number of piperazine rings is 1. The Morgan fingerprint density at radius 3 is 2.86 bits per heavy atom. The molecule has 14 heavy (non-hydrogen) atoms. The Morgan fingerprint density at radius 1 is 1.50 bits per heavy atom. The third-order valence-corrected chi connectivity index (χ3v) is 2.56. The topological polar surface area (TPSA) is 41.0 Å². The van der Waals surface area contributed by atoms with E-state index in [2.05, 4.69) is 27.1 Å². The van der Waals surface area contributed by atoms with E-state index in [9.17, 15) is 0 Å². The molecule has 0 saturated carbocycles. The summed E-state index contributed by atoms with van der Waals surface area (Å²) in [4.78, 5) is 10.6. The van der Waals surface area contributed by atoms with E-state index in [-0.39, 0.29) is 0 Å². The van der Waals surface area contributed by atoms with Crippen LogP contribution in [-0.4, -0.2) is 35.6 Å². The van der Waals surface area contributed by atoms with E-state index < -0.39 is 0 Å². The largest absolute Gasteiger partial charge is 0.336 e. The van der Waals surface area contributed by atoms with E-state index in [1.165, 1.54) is 0 Å². The fraction of sp³-hybridized carbons (Fsp3) is 0.556. The van der Waals surface area contributed by atoms with Gasteiger partial charge < -0.3 is 10.2 Å². The predicted molar refractivity (Wildman–Crippen MR) is 56.7 cm³/mol. The molecule has 0 bridgehead atoms. The Kier molecular flexibility index (Phi) is 2.84. The summed E-state index contributed by atoms with van der Waals surface area (Å²) in [5, 5.41) is 3.90. The van der Waals surface area contributed by atoms with E-state index in [1.807, 2.05) is 0 Å². The maximum atomic E-state index is 5.73. The molecule has 5 heteroatoms. The molecule has 76 valence electrons. The van der Waals surface area contributed by atoms with Gasteiger partial charge in [-0.2, -0.15) is 0 Å². The summed E-state index contributed by atoms with van der Waals surface area (Å²) in [5.41, 5.74) is 0. The lowest BCUT2D eigenvalue weighted by Gasteiger charge is -2.33. The van der Waals surface area contributed by atoms with E-state index >= 15 is 0 Å². The first-order valence-corrected chi connectivity index (χ1v) is 5.10. The van der Waals surface area contributed by atoms with E-state index in [0.717, 1.165) is 25.6 Å². The van der Waals surface area contributed by atoms with Crippen molar-refractivity contribution in [2.45, 2.75) is 13.0 Å². The van der Waals surface area contributed by atoms with E-state index in [0.29, 0.717) is 11.1 Å². The molecule has 2 heterocycles. The van der Waals surface area contributed by atoms with Crippen molar-refractivity contribution in [3.8, 4) is 0 Å². The molecule has 0 aromatic carbocycles. The van der Waals surface area contributed by atoms with Crippen LogP contribution < -0.4 is 10.2 Å². The number of halogens is 1. The Labute approximate surface area is 88.3 Å². The van der Waals surface area contributed by atoms with Crippen LogP contribution in [0.3, 0.4) is 0 Å². The lowest BCUT2D eigenvalue weighted by atomic mass is 10.2. The van der Waals surface area contributed by atoms with Crippen LogP contribution >= 0.6 is 11.6 Å². The second-order valence-electron chi connectivity index (χ2n) is 3.45. The second-order valence-corrected chi connectivity index (χ2v) is 3.88. The molecule has 0 amide bonds. The fourth-order valence-electron chi connectivity index (χ4n) is 1.59. The third kappa shape index (κ3) is 1.96. The minimum absolute atomic E-state index is 0.435. The van der Waals surface area contributed by atoms with Crippen molar-refractivity contribution < 1.29 is 0 Å². The van der Waals surface area contributed by atoms with Crippen molar-refractivity contribution in [1.82, 2.24) is 15.3 Å². The molecule has 1 unspecified atom stereocenters. The average molecular weight is 213 g/mol. The molecule has 0 spiro atoms. The Balaban J connectivity index is 2.16. The Hall–Kier alpha value is -0.870. The first-order chi connectivity index (χ1) is 6.77. The molecule has 1 aromatic heterocycles. The van der Waals surface area contributed by atoms with Crippen LogP contribution in [-0.2, 0) is 0 Å². The third-order valence-electron chi connectivity index (χ3n) is 2.36. The molecule has 0 radical (unpaired) electrons. The highest BCUT2D eigenvalue weighted by Crippen LogP contribution is 2.13. The van der Waals surface area contributed by atoms with Gasteiger partial charge in [-0.1, -0.05) is 11.6 Å². The summed E-state index contributed by atoms with van der Waals surface area (Å²) in [6.07, 6.45) is 3.28. The smallest absolute Gasteiger partial charge is 0.225 e. The van der Waals surface area contributed by atoms with Crippen LogP contribution in [0.1, 0.15) is 6.92 Å². The number of hydrogen-bond acceptors (Lipinski definition) is 4. The summed E-state index contributed by atoms with van der Waals surface area (Å²) < 4.78 is 0. The normalized spacial score (nSPS) is 22.4. The minimum atomic E-state index is 0.435. The Morgan fingerprint density at radius 2 is 2.21 bits per heavy atom. The van der Waals surface area contributed by atoms with Gasteiger partial charge in [0.1, 0.15) is 0 Å². The molecule has 0 aliphatic carbocycles. The van der Waals surface area contributed by atoms with Gasteiger partial charge in [0.05, 0.1) is 17.4 Å². The number of rotatable bonds is 1. The highest BCUT2D eigenvalue weighted by Gasteiger charge is 2.19. The van der Waals surface area contributed by atoms with Crippen LogP contribution in [0, 0.1) is 0 Å². The van der Waals surface area contributed by atoms with Gasteiger partial charge >= 0.3 is 0 Å². The van der Waals surface area contributed by atoms with E-state index in [4.69, 9.17) is 11.6 Å². The molecular weight excluding hydrogens is 200 g/mol. The van der Waals surface area contributed by atoms with Gasteiger partial charge in [0, 0.05) is 25.7 Å². The average Bonchev–Trinajstić information content (AvgIpc) is 2.20. The number of aromatic nitrogens is 2. The van der Waals surface area contributed by atoms with Gasteiger partial charge in [-0.05, 0) is 6.92 Å². The molecule has 4 nitrogen and oxygen atoms in total. The Bertz CT molecular complexity index is 300. The summed E-state index contributed by atoms with van der Waals surface area (Å²) in [6.45, 7) is 5.06. The molecule has 1 N–H and O–H groups in total. The summed E-state index contributed by atoms with van der Waals surface area (Å²) >= 11 is 5.73. The van der Waals surface area contributed by atoms with Gasteiger partial charge in [-0.15, -0.1) is 0 Å². The van der Waals surface area contributed by atoms with Crippen molar-refractivity contribution >= 4 is 17.5 Å². The monoisotopic (exact) mass is 212 g/mol. The molecule has 2 rings (SSSR count). The number of anilines is 1. The lowest BCUT2D eigenvalue weighted by Crippen LogP contribution is -2.50. The zero-order valence-corrected chi connectivity index (χ0v) is 8.83. The highest BCUT2D eigenvalue weighted by atomic mass is 35.5. The lowest BCUT2D eigenvalue weighted by molar-refractivity contribution is 0.493. The zero-order valence-electron chi connectivity index (χ0n) is 8.07. The highest BCUT2D eigenvalue weighted by molar-refractivity contribution is 6.30. The first-order valence-electron chi connectivity index (χ1n) is 4.72. The molecule has 1 atom stereocenters.